The number of aromatic nitrogens is 3. The Kier molecular flexibility index (Phi) is 7.41. The number of halogens is 4. The third kappa shape index (κ3) is 4.85. The Hall–Kier alpha value is -3.31. The number of carbonyl (C=O) groups is 1. The summed E-state index contributed by atoms with van der Waals surface area (Å²) < 4.78 is 65.5. The molecule has 0 aliphatic carbocycles. The molecule has 12 heteroatoms. The highest BCUT2D eigenvalue weighted by Crippen LogP contribution is 2.47. The second-order valence-corrected chi connectivity index (χ2v) is 8.18. The molecule has 1 aliphatic rings. The summed E-state index contributed by atoms with van der Waals surface area (Å²) in [6, 6.07) is 9.51. The molecular weight excluding hydrogens is 503 g/mol. The zero-order chi connectivity index (χ0) is 26.0. The Morgan fingerprint density at radius 3 is 2.58 bits per heavy atom. The van der Waals surface area contributed by atoms with E-state index in [-0.39, 0.29) is 23.1 Å². The van der Waals surface area contributed by atoms with Gasteiger partial charge in [0.15, 0.2) is 17.3 Å². The summed E-state index contributed by atoms with van der Waals surface area (Å²) in [4.78, 5) is 12.4. The fourth-order valence-corrected chi connectivity index (χ4v) is 4.29. The molecule has 192 valence electrons. The molecule has 2 atom stereocenters. The van der Waals surface area contributed by atoms with Crippen molar-refractivity contribution in [1.29, 1.82) is 0 Å². The number of rotatable bonds is 7. The van der Waals surface area contributed by atoms with Gasteiger partial charge in [0.25, 0.3) is 0 Å². The highest BCUT2D eigenvalue weighted by Gasteiger charge is 2.44. The van der Waals surface area contributed by atoms with Crippen LogP contribution in [0.15, 0.2) is 36.4 Å². The van der Waals surface area contributed by atoms with Crippen molar-refractivity contribution in [2.75, 3.05) is 20.3 Å². The monoisotopic (exact) mass is 525 g/mol. The third-order valence-corrected chi connectivity index (χ3v) is 5.74. The predicted molar refractivity (Wildman–Crippen MR) is 122 cm³/mol. The summed E-state index contributed by atoms with van der Waals surface area (Å²) in [7, 11) is 1.47. The van der Waals surface area contributed by atoms with Gasteiger partial charge in [0.1, 0.15) is 12.2 Å². The minimum Gasteiger partial charge on any atom is -0.493 e. The van der Waals surface area contributed by atoms with Gasteiger partial charge in [-0.3, -0.25) is 9.36 Å². The van der Waals surface area contributed by atoms with Gasteiger partial charge < -0.3 is 18.9 Å². The predicted octanol–water partition coefficient (Wildman–Crippen LogP) is 5.46. The Morgan fingerprint density at radius 1 is 1.14 bits per heavy atom. The van der Waals surface area contributed by atoms with Crippen molar-refractivity contribution in [3.8, 4) is 17.2 Å². The second kappa shape index (κ2) is 10.4. The first-order valence-electron chi connectivity index (χ1n) is 11.1. The van der Waals surface area contributed by atoms with Crippen LogP contribution in [0.5, 0.6) is 11.5 Å². The molecule has 0 bridgehead atoms. The maximum atomic E-state index is 14.0. The Morgan fingerprint density at radius 2 is 1.92 bits per heavy atom. The van der Waals surface area contributed by atoms with Crippen LogP contribution in [-0.4, -0.2) is 41.1 Å². The van der Waals surface area contributed by atoms with Crippen molar-refractivity contribution >= 4 is 17.6 Å². The molecule has 36 heavy (non-hydrogen) atoms. The average molecular weight is 526 g/mol. The fraction of sp³-hybridized carbons (Fsp3) is 0.375. The fourth-order valence-electron chi connectivity index (χ4n) is 4.11. The molecule has 0 spiro atoms. The SMILES string of the molecule is CCOC(=O)C[C@@H]1O[C@@H](c2cccc(OC)c2OCC)c2cc(Cl)ccc2-n2c1nnc2C(F)(F)F. The van der Waals surface area contributed by atoms with Crippen LogP contribution < -0.4 is 9.47 Å². The topological polar surface area (TPSA) is 84.7 Å². The summed E-state index contributed by atoms with van der Waals surface area (Å²) in [5.74, 6) is -1.36. The molecule has 0 saturated carbocycles. The van der Waals surface area contributed by atoms with Gasteiger partial charge in [-0.2, -0.15) is 13.2 Å². The van der Waals surface area contributed by atoms with Crippen molar-refractivity contribution < 1.29 is 36.9 Å². The van der Waals surface area contributed by atoms with Crippen LogP contribution in [-0.2, 0) is 20.4 Å². The minimum absolute atomic E-state index is 0.0929. The average Bonchev–Trinajstić information content (AvgIpc) is 3.23. The van der Waals surface area contributed by atoms with Gasteiger partial charge in [-0.05, 0) is 38.1 Å². The van der Waals surface area contributed by atoms with E-state index in [1.54, 1.807) is 32.0 Å². The lowest BCUT2D eigenvalue weighted by Crippen LogP contribution is -2.18. The van der Waals surface area contributed by atoms with Gasteiger partial charge in [-0.25, -0.2) is 0 Å². The van der Waals surface area contributed by atoms with Gasteiger partial charge in [0.2, 0.25) is 5.82 Å². The van der Waals surface area contributed by atoms with Gasteiger partial charge in [-0.1, -0.05) is 23.7 Å². The van der Waals surface area contributed by atoms with E-state index in [0.29, 0.717) is 29.2 Å². The quantitative estimate of drug-likeness (QED) is 0.379. The van der Waals surface area contributed by atoms with Gasteiger partial charge >= 0.3 is 12.1 Å². The van der Waals surface area contributed by atoms with Crippen LogP contribution in [0.4, 0.5) is 13.2 Å². The van der Waals surface area contributed by atoms with E-state index in [0.717, 1.165) is 4.57 Å². The molecule has 1 aliphatic heterocycles. The molecule has 0 unspecified atom stereocenters. The standard InChI is InChI=1S/C24H23ClF3N3O5/c1-4-34-19(32)12-18-22-29-30-23(24(26,27)28)31(22)16-10-9-13(25)11-15(16)20(36-18)14-7-6-8-17(33-3)21(14)35-5-2/h6-11,18,20H,4-5,12H2,1-3H3/t18-,20-/m0/s1. The summed E-state index contributed by atoms with van der Waals surface area (Å²) in [5.41, 5.74) is 0.879. The van der Waals surface area contributed by atoms with E-state index < -0.39 is 36.6 Å². The molecule has 3 aromatic rings. The number of hydrogen-bond donors (Lipinski definition) is 0. The summed E-state index contributed by atoms with van der Waals surface area (Å²) in [6.45, 7) is 3.80. The molecule has 0 N–H and O–H groups in total. The number of ether oxygens (including phenoxy) is 4. The number of carbonyl (C=O) groups excluding carboxylic acids is 1. The Labute approximate surface area is 209 Å². The van der Waals surface area contributed by atoms with Crippen molar-refractivity contribution in [2.45, 2.75) is 38.7 Å². The van der Waals surface area contributed by atoms with E-state index in [2.05, 4.69) is 10.2 Å². The van der Waals surface area contributed by atoms with Crippen LogP contribution in [0.3, 0.4) is 0 Å². The van der Waals surface area contributed by atoms with Crippen LogP contribution >= 0.6 is 11.6 Å². The molecule has 0 saturated heterocycles. The third-order valence-electron chi connectivity index (χ3n) is 5.50. The van der Waals surface area contributed by atoms with Crippen molar-refractivity contribution in [3.63, 3.8) is 0 Å². The molecule has 1 aromatic heterocycles. The van der Waals surface area contributed by atoms with Gasteiger partial charge in [-0.15, -0.1) is 10.2 Å². The van der Waals surface area contributed by atoms with Crippen molar-refractivity contribution in [2.24, 2.45) is 0 Å². The number of hydrogen-bond acceptors (Lipinski definition) is 7. The lowest BCUT2D eigenvalue weighted by molar-refractivity contribution is -0.147. The van der Waals surface area contributed by atoms with Crippen LogP contribution in [0.2, 0.25) is 5.02 Å². The zero-order valence-electron chi connectivity index (χ0n) is 19.6. The lowest BCUT2D eigenvalue weighted by atomic mass is 9.98. The molecule has 2 heterocycles. The summed E-state index contributed by atoms with van der Waals surface area (Å²) >= 11 is 6.29. The van der Waals surface area contributed by atoms with Crippen molar-refractivity contribution in [1.82, 2.24) is 14.8 Å². The molecule has 4 rings (SSSR count). The first-order chi connectivity index (χ1) is 17.2. The normalized spacial score (nSPS) is 17.1. The number of fused-ring (bicyclic) bond motifs is 3. The Bertz CT molecular complexity index is 1260. The van der Waals surface area contributed by atoms with Crippen LogP contribution in [0.25, 0.3) is 5.69 Å². The van der Waals surface area contributed by atoms with E-state index in [1.807, 2.05) is 0 Å². The highest BCUT2D eigenvalue weighted by atomic mass is 35.5. The van der Waals surface area contributed by atoms with E-state index in [4.69, 9.17) is 30.5 Å². The van der Waals surface area contributed by atoms with E-state index in [1.165, 1.54) is 25.3 Å². The molecular formula is C24H23ClF3N3O5. The van der Waals surface area contributed by atoms with Gasteiger partial charge in [0, 0.05) is 16.1 Å². The lowest BCUT2D eigenvalue weighted by Gasteiger charge is -2.25. The first-order valence-corrected chi connectivity index (χ1v) is 11.5. The Balaban J connectivity index is 2.00. The van der Waals surface area contributed by atoms with Crippen LogP contribution in [0, 0.1) is 0 Å². The molecule has 2 aromatic carbocycles. The highest BCUT2D eigenvalue weighted by molar-refractivity contribution is 6.30. The number of esters is 1. The van der Waals surface area contributed by atoms with Crippen LogP contribution in [0.1, 0.15) is 55.3 Å². The number of nitrogens with zero attached hydrogens (tertiary/aromatic N) is 3. The number of methoxy groups -OCH3 is 1. The molecule has 0 amide bonds. The molecule has 8 nitrogen and oxygen atoms in total. The molecule has 0 fully saturated rings. The summed E-state index contributed by atoms with van der Waals surface area (Å²) in [5, 5.41) is 7.45. The maximum absolute atomic E-state index is 14.0. The van der Waals surface area contributed by atoms with E-state index in [9.17, 15) is 18.0 Å². The minimum atomic E-state index is -4.83. The summed E-state index contributed by atoms with van der Waals surface area (Å²) in [6.07, 6.45) is -7.46. The maximum Gasteiger partial charge on any atom is 0.452 e. The van der Waals surface area contributed by atoms with Crippen molar-refractivity contribution in [3.05, 3.63) is 64.2 Å². The smallest absolute Gasteiger partial charge is 0.452 e. The second-order valence-electron chi connectivity index (χ2n) is 7.74. The number of alkyl halides is 3. The number of benzene rings is 2. The van der Waals surface area contributed by atoms with E-state index >= 15 is 0 Å². The molecule has 0 radical (unpaired) electrons. The van der Waals surface area contributed by atoms with Gasteiger partial charge in [0.05, 0.1) is 32.4 Å². The largest absolute Gasteiger partial charge is 0.493 e. The first kappa shape index (κ1) is 25.8. The zero-order valence-corrected chi connectivity index (χ0v) is 20.4. The number of para-hydroxylation sites is 1.